The second-order valence-corrected chi connectivity index (χ2v) is 3.65. The molecule has 0 aromatic rings. The van der Waals surface area contributed by atoms with Gasteiger partial charge in [0.25, 0.3) is 0 Å². The van der Waals surface area contributed by atoms with Crippen LogP contribution in [0.15, 0.2) is 0 Å². The first-order chi connectivity index (χ1) is 5.31. The third-order valence-corrected chi connectivity index (χ3v) is 2.78. The summed E-state index contributed by atoms with van der Waals surface area (Å²) in [6, 6.07) is 0.0203. The molecule has 0 unspecified atom stereocenters. The Labute approximate surface area is 66.5 Å². The van der Waals surface area contributed by atoms with Crippen molar-refractivity contribution in [1.29, 1.82) is 0 Å². The normalized spacial score (nSPS) is 28.2. The molecule has 2 rings (SSSR count). The lowest BCUT2D eigenvalue weighted by molar-refractivity contribution is 0.236. The summed E-state index contributed by atoms with van der Waals surface area (Å²) in [5.41, 5.74) is 0.134. The zero-order valence-corrected chi connectivity index (χ0v) is 6.65. The van der Waals surface area contributed by atoms with Crippen LogP contribution in [0.1, 0.15) is 32.1 Å². The molecule has 1 aliphatic carbocycles. The lowest BCUT2D eigenvalue weighted by Crippen LogP contribution is -2.44. The maximum absolute atomic E-state index is 10.9. The molecule has 0 aromatic heterocycles. The van der Waals surface area contributed by atoms with Crippen LogP contribution < -0.4 is 10.6 Å². The molecule has 2 aliphatic rings. The van der Waals surface area contributed by atoms with Crippen molar-refractivity contribution in [3.05, 3.63) is 0 Å². The molecule has 0 aromatic carbocycles. The molecule has 11 heavy (non-hydrogen) atoms. The fourth-order valence-electron chi connectivity index (χ4n) is 2.11. The molecule has 1 heterocycles. The molecule has 1 spiro atoms. The van der Waals surface area contributed by atoms with E-state index < -0.39 is 0 Å². The summed E-state index contributed by atoms with van der Waals surface area (Å²) in [5, 5.41) is 5.85. The number of carbonyl (C=O) groups is 1. The SMILES string of the molecule is O=C1NCC2(CCCCC2)N1. The van der Waals surface area contributed by atoms with Crippen molar-refractivity contribution in [2.75, 3.05) is 6.54 Å². The summed E-state index contributed by atoms with van der Waals surface area (Å²) in [6.45, 7) is 0.839. The predicted octanol–water partition coefficient (Wildman–Crippen LogP) is 1.00. The van der Waals surface area contributed by atoms with E-state index in [2.05, 4.69) is 10.6 Å². The Morgan fingerprint density at radius 2 is 1.91 bits per heavy atom. The van der Waals surface area contributed by atoms with Crippen molar-refractivity contribution in [3.63, 3.8) is 0 Å². The topological polar surface area (TPSA) is 41.1 Å². The first kappa shape index (κ1) is 6.95. The van der Waals surface area contributed by atoms with Crippen LogP contribution in [0.4, 0.5) is 4.79 Å². The van der Waals surface area contributed by atoms with E-state index in [-0.39, 0.29) is 11.6 Å². The monoisotopic (exact) mass is 154 g/mol. The summed E-state index contributed by atoms with van der Waals surface area (Å²) in [4.78, 5) is 10.9. The van der Waals surface area contributed by atoms with Crippen LogP contribution in [0.25, 0.3) is 0 Å². The van der Waals surface area contributed by atoms with E-state index in [1.54, 1.807) is 0 Å². The highest BCUT2D eigenvalue weighted by Gasteiger charge is 2.37. The average molecular weight is 154 g/mol. The summed E-state index contributed by atoms with van der Waals surface area (Å²) in [5.74, 6) is 0. The number of hydrogen-bond donors (Lipinski definition) is 2. The fraction of sp³-hybridized carbons (Fsp3) is 0.875. The van der Waals surface area contributed by atoms with E-state index in [0.717, 1.165) is 19.4 Å². The molecule has 3 nitrogen and oxygen atoms in total. The van der Waals surface area contributed by atoms with E-state index in [0.29, 0.717) is 0 Å². The molecule has 2 N–H and O–H groups in total. The molecule has 0 radical (unpaired) electrons. The third kappa shape index (κ3) is 1.19. The first-order valence-electron chi connectivity index (χ1n) is 4.37. The van der Waals surface area contributed by atoms with Crippen LogP contribution >= 0.6 is 0 Å². The molecule has 1 saturated heterocycles. The van der Waals surface area contributed by atoms with Gasteiger partial charge in [0.15, 0.2) is 0 Å². The van der Waals surface area contributed by atoms with Gasteiger partial charge in [0.05, 0.1) is 5.54 Å². The van der Waals surface area contributed by atoms with Crippen molar-refractivity contribution in [2.45, 2.75) is 37.6 Å². The first-order valence-corrected chi connectivity index (χ1v) is 4.37. The summed E-state index contributed by atoms with van der Waals surface area (Å²) < 4.78 is 0. The molecule has 62 valence electrons. The minimum atomic E-state index is 0.0203. The van der Waals surface area contributed by atoms with Gasteiger partial charge in [-0.25, -0.2) is 4.79 Å². The number of nitrogens with one attached hydrogen (secondary N) is 2. The van der Waals surface area contributed by atoms with Crippen molar-refractivity contribution in [3.8, 4) is 0 Å². The van der Waals surface area contributed by atoms with Crippen molar-refractivity contribution < 1.29 is 4.79 Å². The van der Waals surface area contributed by atoms with E-state index in [9.17, 15) is 4.79 Å². The molecule has 2 amide bonds. The quantitative estimate of drug-likeness (QED) is 0.537. The number of amides is 2. The predicted molar refractivity (Wildman–Crippen MR) is 42.4 cm³/mol. The van der Waals surface area contributed by atoms with Gasteiger partial charge in [-0.05, 0) is 12.8 Å². The van der Waals surface area contributed by atoms with E-state index in [4.69, 9.17) is 0 Å². The maximum atomic E-state index is 10.9. The highest BCUT2D eigenvalue weighted by molar-refractivity contribution is 5.77. The number of urea groups is 1. The fourth-order valence-corrected chi connectivity index (χ4v) is 2.11. The summed E-state index contributed by atoms with van der Waals surface area (Å²) in [6.07, 6.45) is 6.18. The Morgan fingerprint density at radius 3 is 2.45 bits per heavy atom. The molecular weight excluding hydrogens is 140 g/mol. The summed E-state index contributed by atoms with van der Waals surface area (Å²) in [7, 11) is 0. The smallest absolute Gasteiger partial charge is 0.315 e. The molecule has 1 aliphatic heterocycles. The zero-order chi connectivity index (χ0) is 7.73. The van der Waals surface area contributed by atoms with Gasteiger partial charge < -0.3 is 10.6 Å². The van der Waals surface area contributed by atoms with Crippen LogP contribution in [0, 0.1) is 0 Å². The lowest BCUT2D eigenvalue weighted by atomic mass is 9.82. The number of rotatable bonds is 0. The van der Waals surface area contributed by atoms with Gasteiger partial charge in [-0.3, -0.25) is 0 Å². The maximum Gasteiger partial charge on any atom is 0.315 e. The zero-order valence-electron chi connectivity index (χ0n) is 6.65. The molecule has 0 atom stereocenters. The lowest BCUT2D eigenvalue weighted by Gasteiger charge is -2.31. The minimum absolute atomic E-state index is 0.0203. The van der Waals surface area contributed by atoms with Crippen LogP contribution in [-0.2, 0) is 0 Å². The Hall–Kier alpha value is -0.730. The highest BCUT2D eigenvalue weighted by atomic mass is 16.2. The van der Waals surface area contributed by atoms with Gasteiger partial charge in [0.2, 0.25) is 0 Å². The second-order valence-electron chi connectivity index (χ2n) is 3.65. The molecule has 2 fully saturated rings. The average Bonchev–Trinajstić information content (AvgIpc) is 2.34. The Morgan fingerprint density at radius 1 is 1.18 bits per heavy atom. The van der Waals surface area contributed by atoms with Gasteiger partial charge in [0, 0.05) is 6.54 Å². The number of carbonyl (C=O) groups excluding carboxylic acids is 1. The van der Waals surface area contributed by atoms with Gasteiger partial charge in [-0.2, -0.15) is 0 Å². The number of hydrogen-bond acceptors (Lipinski definition) is 1. The molecule has 3 heteroatoms. The van der Waals surface area contributed by atoms with Crippen molar-refractivity contribution in [2.24, 2.45) is 0 Å². The standard InChI is InChI=1S/C8H14N2O/c11-7-9-6-8(10-7)4-2-1-3-5-8/h1-6H2,(H2,9,10,11). The molecule has 1 saturated carbocycles. The van der Waals surface area contributed by atoms with E-state index >= 15 is 0 Å². The largest absolute Gasteiger partial charge is 0.336 e. The van der Waals surface area contributed by atoms with Crippen LogP contribution in [-0.4, -0.2) is 18.1 Å². The minimum Gasteiger partial charge on any atom is -0.336 e. The van der Waals surface area contributed by atoms with Gasteiger partial charge in [-0.15, -0.1) is 0 Å². The van der Waals surface area contributed by atoms with E-state index in [1.807, 2.05) is 0 Å². The Bertz CT molecular complexity index is 173. The van der Waals surface area contributed by atoms with Gasteiger partial charge in [-0.1, -0.05) is 19.3 Å². The van der Waals surface area contributed by atoms with Gasteiger partial charge in [0.1, 0.15) is 0 Å². The molecule has 0 bridgehead atoms. The van der Waals surface area contributed by atoms with Crippen molar-refractivity contribution >= 4 is 6.03 Å². The highest BCUT2D eigenvalue weighted by Crippen LogP contribution is 2.29. The Kier molecular flexibility index (Phi) is 1.51. The van der Waals surface area contributed by atoms with Crippen LogP contribution in [0.2, 0.25) is 0 Å². The van der Waals surface area contributed by atoms with Crippen LogP contribution in [0.5, 0.6) is 0 Å². The van der Waals surface area contributed by atoms with Crippen LogP contribution in [0.3, 0.4) is 0 Å². The Balaban J connectivity index is 2.03. The summed E-state index contributed by atoms with van der Waals surface area (Å²) >= 11 is 0. The van der Waals surface area contributed by atoms with E-state index in [1.165, 1.54) is 19.3 Å². The van der Waals surface area contributed by atoms with Gasteiger partial charge >= 0.3 is 6.03 Å². The second kappa shape index (κ2) is 2.40. The van der Waals surface area contributed by atoms with Crippen molar-refractivity contribution in [1.82, 2.24) is 10.6 Å². The third-order valence-electron chi connectivity index (χ3n) is 2.78. The molecular formula is C8H14N2O.